The Morgan fingerprint density at radius 2 is 1.71 bits per heavy atom. The summed E-state index contributed by atoms with van der Waals surface area (Å²) in [5.74, 6) is 1.52. The molecule has 5 heteroatoms. The second kappa shape index (κ2) is 7.31. The molecular weight excluding hydrogens is 268 g/mol. The first kappa shape index (κ1) is 15.6. The topological polar surface area (TPSA) is 42.0 Å². The van der Waals surface area contributed by atoms with Crippen molar-refractivity contribution in [3.63, 3.8) is 0 Å². The fourth-order valence-corrected chi connectivity index (χ4v) is 2.45. The number of amides is 1. The van der Waals surface area contributed by atoms with E-state index in [2.05, 4.69) is 11.8 Å². The van der Waals surface area contributed by atoms with Crippen molar-refractivity contribution in [3.05, 3.63) is 24.3 Å². The molecule has 0 aromatic heterocycles. The van der Waals surface area contributed by atoms with E-state index >= 15 is 0 Å². The van der Waals surface area contributed by atoms with Crippen LogP contribution in [0.5, 0.6) is 11.5 Å². The van der Waals surface area contributed by atoms with Crippen LogP contribution in [0.15, 0.2) is 24.3 Å². The van der Waals surface area contributed by atoms with Crippen LogP contribution in [-0.2, 0) is 4.79 Å². The minimum Gasteiger partial charge on any atom is -0.497 e. The van der Waals surface area contributed by atoms with Gasteiger partial charge in [0.05, 0.1) is 7.11 Å². The molecular formula is C16H24N2O3. The zero-order chi connectivity index (χ0) is 15.2. The molecule has 0 bridgehead atoms. The van der Waals surface area contributed by atoms with Gasteiger partial charge in [0.25, 0.3) is 5.91 Å². The molecule has 2 rings (SSSR count). The van der Waals surface area contributed by atoms with Gasteiger partial charge in [0.1, 0.15) is 11.5 Å². The van der Waals surface area contributed by atoms with E-state index in [4.69, 9.17) is 9.47 Å². The molecule has 0 radical (unpaired) electrons. The normalized spacial score (nSPS) is 17.4. The molecule has 1 heterocycles. The maximum atomic E-state index is 12.4. The predicted molar refractivity (Wildman–Crippen MR) is 81.8 cm³/mol. The van der Waals surface area contributed by atoms with Crippen molar-refractivity contribution >= 4 is 5.91 Å². The summed E-state index contributed by atoms with van der Waals surface area (Å²) in [5.41, 5.74) is 0. The van der Waals surface area contributed by atoms with Crippen molar-refractivity contribution in [2.75, 3.05) is 39.8 Å². The Morgan fingerprint density at radius 3 is 2.24 bits per heavy atom. The molecule has 0 N–H and O–H groups in total. The van der Waals surface area contributed by atoms with E-state index in [0.29, 0.717) is 5.75 Å². The molecule has 1 amide bonds. The van der Waals surface area contributed by atoms with Crippen LogP contribution >= 0.6 is 0 Å². The monoisotopic (exact) mass is 292 g/mol. The standard InChI is InChI=1S/C16H24N2O3/c1-4-17-9-11-18(12-10-17)16(19)13(2)21-15-7-5-14(20-3)6-8-15/h5-8,13H,4,9-12H2,1-3H3/t13-/m1/s1. The van der Waals surface area contributed by atoms with Crippen LogP contribution in [0.2, 0.25) is 0 Å². The summed E-state index contributed by atoms with van der Waals surface area (Å²) in [7, 11) is 1.62. The fourth-order valence-electron chi connectivity index (χ4n) is 2.45. The number of hydrogen-bond acceptors (Lipinski definition) is 4. The molecule has 1 saturated heterocycles. The van der Waals surface area contributed by atoms with Crippen LogP contribution in [0.3, 0.4) is 0 Å². The van der Waals surface area contributed by atoms with E-state index in [9.17, 15) is 4.79 Å². The summed E-state index contributed by atoms with van der Waals surface area (Å²) in [6, 6.07) is 7.29. The number of ether oxygens (including phenoxy) is 2. The van der Waals surface area contributed by atoms with Crippen LogP contribution in [0, 0.1) is 0 Å². The van der Waals surface area contributed by atoms with Crippen LogP contribution in [-0.4, -0.2) is 61.6 Å². The minimum absolute atomic E-state index is 0.0570. The highest BCUT2D eigenvalue weighted by Gasteiger charge is 2.25. The first-order valence-corrected chi connectivity index (χ1v) is 7.46. The lowest BCUT2D eigenvalue weighted by atomic mass is 10.2. The lowest BCUT2D eigenvalue weighted by Crippen LogP contribution is -2.51. The summed E-state index contributed by atoms with van der Waals surface area (Å²) in [6.45, 7) is 8.44. The summed E-state index contributed by atoms with van der Waals surface area (Å²) in [5, 5.41) is 0. The second-order valence-electron chi connectivity index (χ2n) is 5.20. The van der Waals surface area contributed by atoms with Gasteiger partial charge in [0, 0.05) is 26.2 Å². The summed E-state index contributed by atoms with van der Waals surface area (Å²) in [6.07, 6.45) is -0.466. The van der Waals surface area contributed by atoms with E-state index in [0.717, 1.165) is 38.5 Å². The summed E-state index contributed by atoms with van der Waals surface area (Å²) < 4.78 is 10.8. The Kier molecular flexibility index (Phi) is 5.44. The Labute approximate surface area is 126 Å². The molecule has 5 nitrogen and oxygen atoms in total. The number of benzene rings is 1. The van der Waals surface area contributed by atoms with Gasteiger partial charge in [-0.05, 0) is 37.7 Å². The van der Waals surface area contributed by atoms with Crippen LogP contribution in [0.4, 0.5) is 0 Å². The minimum atomic E-state index is -0.466. The number of piperazine rings is 1. The van der Waals surface area contributed by atoms with E-state index < -0.39 is 6.10 Å². The smallest absolute Gasteiger partial charge is 0.263 e. The molecule has 1 aliphatic rings. The average molecular weight is 292 g/mol. The number of hydrogen-bond donors (Lipinski definition) is 0. The van der Waals surface area contributed by atoms with Gasteiger partial charge in [-0.15, -0.1) is 0 Å². The van der Waals surface area contributed by atoms with Crippen LogP contribution in [0.1, 0.15) is 13.8 Å². The summed E-state index contributed by atoms with van der Waals surface area (Å²) in [4.78, 5) is 16.6. The third-order valence-electron chi connectivity index (χ3n) is 3.85. The highest BCUT2D eigenvalue weighted by Crippen LogP contribution is 2.18. The number of rotatable bonds is 5. The Morgan fingerprint density at radius 1 is 1.14 bits per heavy atom. The van der Waals surface area contributed by atoms with Gasteiger partial charge in [-0.2, -0.15) is 0 Å². The lowest BCUT2D eigenvalue weighted by molar-refractivity contribution is -0.139. The molecule has 0 spiro atoms. The molecule has 1 aromatic carbocycles. The Balaban J connectivity index is 1.87. The first-order chi connectivity index (χ1) is 10.1. The molecule has 21 heavy (non-hydrogen) atoms. The van der Waals surface area contributed by atoms with E-state index in [1.54, 1.807) is 14.0 Å². The molecule has 0 unspecified atom stereocenters. The first-order valence-electron chi connectivity index (χ1n) is 7.46. The van der Waals surface area contributed by atoms with Crippen molar-refractivity contribution in [1.29, 1.82) is 0 Å². The number of likely N-dealkylation sites (N-methyl/N-ethyl adjacent to an activating group) is 1. The molecule has 1 fully saturated rings. The SMILES string of the molecule is CCN1CCN(C(=O)[C@@H](C)Oc2ccc(OC)cc2)CC1. The van der Waals surface area contributed by atoms with E-state index in [1.165, 1.54) is 0 Å². The molecule has 0 saturated carbocycles. The van der Waals surface area contributed by atoms with E-state index in [1.807, 2.05) is 29.2 Å². The van der Waals surface area contributed by atoms with Gasteiger partial charge in [0.15, 0.2) is 6.10 Å². The number of nitrogens with zero attached hydrogens (tertiary/aromatic N) is 2. The average Bonchev–Trinajstić information content (AvgIpc) is 2.55. The third-order valence-corrected chi connectivity index (χ3v) is 3.85. The Bertz CT molecular complexity index is 453. The van der Waals surface area contributed by atoms with Crippen LogP contribution < -0.4 is 9.47 Å². The maximum Gasteiger partial charge on any atom is 0.263 e. The van der Waals surface area contributed by atoms with E-state index in [-0.39, 0.29) is 5.91 Å². The molecule has 1 aromatic rings. The van der Waals surface area contributed by atoms with Gasteiger partial charge in [-0.1, -0.05) is 6.92 Å². The molecule has 1 aliphatic heterocycles. The van der Waals surface area contributed by atoms with Crippen molar-refractivity contribution in [2.24, 2.45) is 0 Å². The fraction of sp³-hybridized carbons (Fsp3) is 0.562. The quantitative estimate of drug-likeness (QED) is 0.827. The predicted octanol–water partition coefficient (Wildman–Crippen LogP) is 1.63. The highest BCUT2D eigenvalue weighted by atomic mass is 16.5. The molecule has 116 valence electrons. The number of carbonyl (C=O) groups excluding carboxylic acids is 1. The highest BCUT2D eigenvalue weighted by molar-refractivity contribution is 5.81. The van der Waals surface area contributed by atoms with Gasteiger partial charge in [-0.25, -0.2) is 0 Å². The van der Waals surface area contributed by atoms with Crippen molar-refractivity contribution in [3.8, 4) is 11.5 Å². The largest absolute Gasteiger partial charge is 0.497 e. The van der Waals surface area contributed by atoms with Gasteiger partial charge < -0.3 is 19.3 Å². The lowest BCUT2D eigenvalue weighted by Gasteiger charge is -2.35. The number of carbonyl (C=O) groups is 1. The van der Waals surface area contributed by atoms with Crippen LogP contribution in [0.25, 0.3) is 0 Å². The Hall–Kier alpha value is -1.75. The summed E-state index contributed by atoms with van der Waals surface area (Å²) >= 11 is 0. The van der Waals surface area contributed by atoms with Crippen molar-refractivity contribution in [2.45, 2.75) is 20.0 Å². The number of methoxy groups -OCH3 is 1. The second-order valence-corrected chi connectivity index (χ2v) is 5.20. The van der Waals surface area contributed by atoms with Gasteiger partial charge in [0.2, 0.25) is 0 Å². The zero-order valence-electron chi connectivity index (χ0n) is 13.0. The third kappa shape index (κ3) is 4.11. The van der Waals surface area contributed by atoms with Gasteiger partial charge in [-0.3, -0.25) is 4.79 Å². The van der Waals surface area contributed by atoms with Crippen molar-refractivity contribution < 1.29 is 14.3 Å². The maximum absolute atomic E-state index is 12.4. The van der Waals surface area contributed by atoms with Crippen molar-refractivity contribution in [1.82, 2.24) is 9.80 Å². The van der Waals surface area contributed by atoms with Gasteiger partial charge >= 0.3 is 0 Å². The zero-order valence-corrected chi connectivity index (χ0v) is 13.0. The molecule has 1 atom stereocenters. The molecule has 0 aliphatic carbocycles.